The summed E-state index contributed by atoms with van der Waals surface area (Å²) in [6.45, 7) is 1.92. The topological polar surface area (TPSA) is 164 Å². The molecule has 2 heterocycles. The van der Waals surface area contributed by atoms with Crippen molar-refractivity contribution in [3.63, 3.8) is 0 Å². The lowest BCUT2D eigenvalue weighted by molar-refractivity contribution is 0.415. The fraction of sp³-hybridized carbons (Fsp3) is 0.0857. The summed E-state index contributed by atoms with van der Waals surface area (Å²) >= 11 is 1.70. The lowest BCUT2D eigenvalue weighted by Crippen LogP contribution is -1.96. The molecule has 0 unspecified atom stereocenters. The summed E-state index contributed by atoms with van der Waals surface area (Å²) in [6.07, 6.45) is 2.52. The molecule has 0 radical (unpaired) electrons. The van der Waals surface area contributed by atoms with Crippen molar-refractivity contribution in [1.29, 1.82) is 0 Å². The Morgan fingerprint density at radius 3 is 2.00 bits per heavy atom. The number of aryl methyl sites for hydroxylation is 1. The molecule has 226 valence electrons. The molecule has 9 heteroatoms. The number of furan rings is 1. The van der Waals surface area contributed by atoms with Crippen molar-refractivity contribution in [3.05, 3.63) is 131 Å². The highest BCUT2D eigenvalue weighted by atomic mass is 32.1. The quantitative estimate of drug-likeness (QED) is 0.104. The van der Waals surface area contributed by atoms with E-state index in [4.69, 9.17) is 37.8 Å². The van der Waals surface area contributed by atoms with E-state index in [1.807, 2.05) is 91.9 Å². The first-order valence-corrected chi connectivity index (χ1v) is 14.8. The van der Waals surface area contributed by atoms with Gasteiger partial charge in [-0.3, -0.25) is 0 Å². The number of nitrogen functional groups attached to an aromatic ring is 5. The van der Waals surface area contributed by atoms with Crippen LogP contribution < -0.4 is 38.7 Å². The lowest BCUT2D eigenvalue weighted by atomic mass is 10.0. The molecule has 4 aromatic carbocycles. The fourth-order valence-electron chi connectivity index (χ4n) is 4.22. The zero-order chi connectivity index (χ0) is 31.5. The highest BCUT2D eigenvalue weighted by Gasteiger charge is 2.04. The van der Waals surface area contributed by atoms with Gasteiger partial charge in [0.25, 0.3) is 0 Å². The summed E-state index contributed by atoms with van der Waals surface area (Å²) in [5, 5.41) is 7.42. The van der Waals surface area contributed by atoms with Gasteiger partial charge in [0.05, 0.1) is 19.1 Å². The van der Waals surface area contributed by atoms with Crippen molar-refractivity contribution in [2.75, 3.05) is 41.1 Å². The molecule has 0 atom stereocenters. The van der Waals surface area contributed by atoms with Crippen LogP contribution in [0.4, 0.5) is 39.8 Å². The number of benzene rings is 4. The van der Waals surface area contributed by atoms with Crippen LogP contribution >= 0.6 is 11.3 Å². The van der Waals surface area contributed by atoms with E-state index in [0.29, 0.717) is 5.69 Å². The van der Waals surface area contributed by atoms with E-state index >= 15 is 0 Å². The minimum atomic E-state index is 0.708. The fourth-order valence-corrected chi connectivity index (χ4v) is 4.89. The summed E-state index contributed by atoms with van der Waals surface area (Å²) in [5.74, 6) is 1.70. The largest absolute Gasteiger partial charge is 0.497 e. The first kappa shape index (κ1) is 31.4. The Labute approximate surface area is 262 Å². The molecule has 44 heavy (non-hydrogen) atoms. The summed E-state index contributed by atoms with van der Waals surface area (Å²) in [7, 11) is 1.64. The Hall–Kier alpha value is -5.54. The Morgan fingerprint density at radius 1 is 0.727 bits per heavy atom. The van der Waals surface area contributed by atoms with Crippen molar-refractivity contribution in [1.82, 2.24) is 0 Å². The molecule has 0 spiro atoms. The first-order valence-electron chi connectivity index (χ1n) is 13.8. The molecular weight excluding hydrogens is 568 g/mol. The van der Waals surface area contributed by atoms with E-state index < -0.39 is 0 Å². The Bertz CT molecular complexity index is 1750. The average molecular weight is 607 g/mol. The highest BCUT2D eigenvalue weighted by molar-refractivity contribution is 7.07. The SMILES string of the molecule is COc1ccc(-c2cc(N)ccc2N)cc1.Cc1occc1Nc1ccc(N)cc1.Nc1ccc(N)c(Cc2ccsc2)c1. The van der Waals surface area contributed by atoms with Crippen LogP contribution in [0.2, 0.25) is 0 Å². The second kappa shape index (κ2) is 15.1. The van der Waals surface area contributed by atoms with Gasteiger partial charge < -0.3 is 43.1 Å². The second-order valence-corrected chi connectivity index (χ2v) is 10.8. The Morgan fingerprint density at radius 2 is 1.39 bits per heavy atom. The van der Waals surface area contributed by atoms with Gasteiger partial charge in [-0.15, -0.1) is 0 Å². The third kappa shape index (κ3) is 8.98. The normalized spacial score (nSPS) is 10.1. The van der Waals surface area contributed by atoms with E-state index in [-0.39, 0.29) is 0 Å². The predicted molar refractivity (Wildman–Crippen MR) is 187 cm³/mol. The maximum atomic E-state index is 5.91. The van der Waals surface area contributed by atoms with Crippen molar-refractivity contribution < 1.29 is 9.15 Å². The van der Waals surface area contributed by atoms with Crippen LogP contribution in [0, 0.1) is 6.92 Å². The maximum absolute atomic E-state index is 5.91. The minimum Gasteiger partial charge on any atom is -0.497 e. The number of nitrogens with two attached hydrogens (primary N) is 5. The smallest absolute Gasteiger partial charge is 0.124 e. The zero-order valence-corrected chi connectivity index (χ0v) is 25.6. The van der Waals surface area contributed by atoms with Gasteiger partial charge in [0.1, 0.15) is 11.5 Å². The van der Waals surface area contributed by atoms with Gasteiger partial charge >= 0.3 is 0 Å². The molecule has 0 bridgehead atoms. The molecule has 0 saturated carbocycles. The van der Waals surface area contributed by atoms with Gasteiger partial charge in [0.15, 0.2) is 0 Å². The minimum absolute atomic E-state index is 0.708. The molecule has 0 aliphatic carbocycles. The summed E-state index contributed by atoms with van der Waals surface area (Å²) in [4.78, 5) is 0. The summed E-state index contributed by atoms with van der Waals surface area (Å²) in [6, 6.07) is 30.4. The van der Waals surface area contributed by atoms with E-state index in [1.165, 1.54) is 5.56 Å². The van der Waals surface area contributed by atoms with Crippen molar-refractivity contribution in [2.45, 2.75) is 13.3 Å². The standard InChI is InChI=1S/C13H14N2O.C11H12N2O.C11H12N2S/c1-16-11-5-2-9(3-6-11)12-8-10(14)4-7-13(12)15;1-8-11(6-7-14-8)13-10-4-2-9(12)3-5-10;12-10-1-2-11(13)9(6-10)5-8-3-4-14-7-8/h2-8H,14-15H2,1H3;2-7,13H,12H2,1H3;1-4,6-7H,5,12-13H2. The van der Waals surface area contributed by atoms with E-state index in [1.54, 1.807) is 30.8 Å². The van der Waals surface area contributed by atoms with Crippen molar-refractivity contribution in [2.24, 2.45) is 0 Å². The molecule has 6 rings (SSSR count). The van der Waals surface area contributed by atoms with Crippen LogP contribution in [0.1, 0.15) is 16.9 Å². The third-order valence-electron chi connectivity index (χ3n) is 6.67. The van der Waals surface area contributed by atoms with Crippen molar-refractivity contribution >= 4 is 51.1 Å². The van der Waals surface area contributed by atoms with Crippen LogP contribution in [-0.4, -0.2) is 7.11 Å². The molecule has 0 fully saturated rings. The van der Waals surface area contributed by atoms with Gasteiger partial charge in [-0.2, -0.15) is 11.3 Å². The number of hydrogen-bond acceptors (Lipinski definition) is 9. The number of thiophene rings is 1. The summed E-state index contributed by atoms with van der Waals surface area (Å²) in [5.41, 5.74) is 38.9. The van der Waals surface area contributed by atoms with Crippen LogP contribution in [0.15, 0.2) is 119 Å². The maximum Gasteiger partial charge on any atom is 0.124 e. The second-order valence-electron chi connectivity index (χ2n) is 9.98. The number of anilines is 7. The molecule has 0 aliphatic heterocycles. The molecule has 0 saturated heterocycles. The van der Waals surface area contributed by atoms with Crippen LogP contribution in [0.5, 0.6) is 5.75 Å². The van der Waals surface area contributed by atoms with Gasteiger partial charge in [0, 0.05) is 52.2 Å². The number of rotatable bonds is 6. The van der Waals surface area contributed by atoms with E-state index in [9.17, 15) is 0 Å². The third-order valence-corrected chi connectivity index (χ3v) is 7.40. The van der Waals surface area contributed by atoms with Gasteiger partial charge in [-0.25, -0.2) is 0 Å². The monoisotopic (exact) mass is 606 g/mol. The van der Waals surface area contributed by atoms with Gasteiger partial charge in [-0.05, 0) is 113 Å². The van der Waals surface area contributed by atoms with Crippen molar-refractivity contribution in [3.8, 4) is 16.9 Å². The van der Waals surface area contributed by atoms with Gasteiger partial charge in [0.2, 0.25) is 0 Å². The first-order chi connectivity index (χ1) is 21.2. The lowest BCUT2D eigenvalue weighted by Gasteiger charge is -2.07. The number of ether oxygens (including phenoxy) is 1. The highest BCUT2D eigenvalue weighted by Crippen LogP contribution is 2.29. The van der Waals surface area contributed by atoms with Crippen LogP contribution in [0.25, 0.3) is 11.1 Å². The molecule has 0 amide bonds. The summed E-state index contributed by atoms with van der Waals surface area (Å²) < 4.78 is 10.3. The predicted octanol–water partition coefficient (Wildman–Crippen LogP) is 7.94. The number of nitrogens with one attached hydrogen (secondary N) is 1. The van der Waals surface area contributed by atoms with E-state index in [0.717, 1.165) is 68.7 Å². The average Bonchev–Trinajstić information content (AvgIpc) is 3.70. The molecule has 8 nitrogen and oxygen atoms in total. The number of methoxy groups -OCH3 is 1. The van der Waals surface area contributed by atoms with Gasteiger partial charge in [-0.1, -0.05) is 12.1 Å². The molecular formula is C35H38N6O2S. The molecule has 2 aromatic heterocycles. The van der Waals surface area contributed by atoms with Crippen LogP contribution in [0.3, 0.4) is 0 Å². The van der Waals surface area contributed by atoms with Crippen LogP contribution in [-0.2, 0) is 6.42 Å². The zero-order valence-electron chi connectivity index (χ0n) is 24.8. The molecule has 6 aromatic rings. The Kier molecular flexibility index (Phi) is 10.8. The van der Waals surface area contributed by atoms with E-state index in [2.05, 4.69) is 22.1 Å². The molecule has 0 aliphatic rings. The Balaban J connectivity index is 0.000000151. The molecule has 11 N–H and O–H groups in total. The number of hydrogen-bond donors (Lipinski definition) is 6.